The zero-order chi connectivity index (χ0) is 15.2. The van der Waals surface area contributed by atoms with Gasteiger partial charge >= 0.3 is 0 Å². The first-order chi connectivity index (χ1) is 10.1. The number of hydrogen-bond acceptors (Lipinski definition) is 4. The molecule has 0 spiro atoms. The molecule has 0 radical (unpaired) electrons. The molecule has 0 saturated heterocycles. The van der Waals surface area contributed by atoms with Crippen LogP contribution in [-0.4, -0.2) is 17.4 Å². The first kappa shape index (κ1) is 21.2. The van der Waals surface area contributed by atoms with Crippen LogP contribution < -0.4 is 15.8 Å². The van der Waals surface area contributed by atoms with Crippen molar-refractivity contribution >= 4 is 36.4 Å². The zero-order valence-corrected chi connectivity index (χ0v) is 14.7. The van der Waals surface area contributed by atoms with E-state index in [4.69, 9.17) is 10.5 Å². The predicted octanol–water partition coefficient (Wildman–Crippen LogP) is 3.62. The lowest BCUT2D eigenvalue weighted by Gasteiger charge is -2.13. The number of nitrogens with one attached hydrogen (secondary N) is 1. The van der Waals surface area contributed by atoms with Gasteiger partial charge in [-0.05, 0) is 43.2 Å². The van der Waals surface area contributed by atoms with Crippen LogP contribution in [0.25, 0.3) is 0 Å². The lowest BCUT2D eigenvalue weighted by Crippen LogP contribution is -2.16. The van der Waals surface area contributed by atoms with E-state index in [0.717, 1.165) is 16.9 Å². The SMILES string of the molecule is Cc1cccc(Oc2ncccc2NC(=O)CCN)c1C.Cl.Cl. The Morgan fingerprint density at radius 2 is 1.96 bits per heavy atom. The van der Waals surface area contributed by atoms with Crippen molar-refractivity contribution in [1.82, 2.24) is 4.98 Å². The van der Waals surface area contributed by atoms with Gasteiger partial charge in [0, 0.05) is 19.2 Å². The molecule has 1 heterocycles. The number of ether oxygens (including phenoxy) is 1. The molecule has 7 heteroatoms. The molecular weight excluding hydrogens is 337 g/mol. The molecule has 1 amide bonds. The maximum atomic E-state index is 11.7. The third-order valence-electron chi connectivity index (χ3n) is 3.18. The summed E-state index contributed by atoms with van der Waals surface area (Å²) in [5.41, 5.74) is 8.09. The van der Waals surface area contributed by atoms with Crippen molar-refractivity contribution in [2.45, 2.75) is 20.3 Å². The topological polar surface area (TPSA) is 77.2 Å². The Kier molecular flexibility index (Phi) is 9.25. The van der Waals surface area contributed by atoms with Crippen molar-refractivity contribution in [3.63, 3.8) is 0 Å². The predicted molar refractivity (Wildman–Crippen MR) is 97.0 cm³/mol. The summed E-state index contributed by atoms with van der Waals surface area (Å²) < 4.78 is 5.84. The molecule has 126 valence electrons. The molecular formula is C16H21Cl2N3O2. The second-order valence-corrected chi connectivity index (χ2v) is 4.74. The minimum atomic E-state index is -0.156. The molecule has 0 aliphatic heterocycles. The fraction of sp³-hybridized carbons (Fsp3) is 0.250. The summed E-state index contributed by atoms with van der Waals surface area (Å²) in [6.07, 6.45) is 1.89. The molecule has 3 N–H and O–H groups in total. The van der Waals surface area contributed by atoms with Gasteiger partial charge in [-0.1, -0.05) is 12.1 Å². The van der Waals surface area contributed by atoms with Crippen LogP contribution >= 0.6 is 24.8 Å². The lowest BCUT2D eigenvalue weighted by atomic mass is 10.1. The number of pyridine rings is 1. The number of carbonyl (C=O) groups excluding carboxylic acids is 1. The van der Waals surface area contributed by atoms with Gasteiger partial charge in [0.2, 0.25) is 11.8 Å². The van der Waals surface area contributed by atoms with Gasteiger partial charge in [-0.25, -0.2) is 4.98 Å². The van der Waals surface area contributed by atoms with Crippen LogP contribution in [0.2, 0.25) is 0 Å². The van der Waals surface area contributed by atoms with Crippen LogP contribution in [0, 0.1) is 13.8 Å². The Morgan fingerprint density at radius 3 is 2.65 bits per heavy atom. The van der Waals surface area contributed by atoms with Gasteiger partial charge < -0.3 is 15.8 Å². The summed E-state index contributed by atoms with van der Waals surface area (Å²) in [6, 6.07) is 9.32. The molecule has 0 bridgehead atoms. The van der Waals surface area contributed by atoms with Gasteiger partial charge in [0.1, 0.15) is 11.4 Å². The molecule has 0 saturated carbocycles. The highest BCUT2D eigenvalue weighted by atomic mass is 35.5. The van der Waals surface area contributed by atoms with E-state index in [2.05, 4.69) is 10.3 Å². The van der Waals surface area contributed by atoms with Crippen molar-refractivity contribution in [3.05, 3.63) is 47.7 Å². The minimum Gasteiger partial charge on any atom is -0.437 e. The van der Waals surface area contributed by atoms with E-state index in [0.29, 0.717) is 18.1 Å². The van der Waals surface area contributed by atoms with Crippen molar-refractivity contribution in [2.75, 3.05) is 11.9 Å². The molecule has 5 nitrogen and oxygen atoms in total. The van der Waals surface area contributed by atoms with Crippen molar-refractivity contribution < 1.29 is 9.53 Å². The monoisotopic (exact) mass is 357 g/mol. The largest absolute Gasteiger partial charge is 0.437 e. The summed E-state index contributed by atoms with van der Waals surface area (Å²) in [4.78, 5) is 15.9. The van der Waals surface area contributed by atoms with Crippen LogP contribution in [0.3, 0.4) is 0 Å². The molecule has 0 atom stereocenters. The first-order valence-electron chi connectivity index (χ1n) is 6.81. The third kappa shape index (κ3) is 5.71. The standard InChI is InChI=1S/C16H19N3O2.2ClH/c1-11-5-3-7-14(12(11)2)21-16-13(6-4-10-18-16)19-15(20)8-9-17;;/h3-7,10H,8-9,17H2,1-2H3,(H,19,20);2*1H. The Labute approximate surface area is 148 Å². The number of carbonyl (C=O) groups is 1. The average molecular weight is 358 g/mol. The third-order valence-corrected chi connectivity index (χ3v) is 3.18. The highest BCUT2D eigenvalue weighted by Gasteiger charge is 2.11. The van der Waals surface area contributed by atoms with E-state index in [-0.39, 0.29) is 37.1 Å². The second-order valence-electron chi connectivity index (χ2n) is 4.74. The lowest BCUT2D eigenvalue weighted by molar-refractivity contribution is -0.116. The first-order valence-corrected chi connectivity index (χ1v) is 6.81. The average Bonchev–Trinajstić information content (AvgIpc) is 2.46. The minimum absolute atomic E-state index is 0. The van der Waals surface area contributed by atoms with Gasteiger partial charge in [0.05, 0.1) is 0 Å². The normalized spacial score (nSPS) is 9.35. The van der Waals surface area contributed by atoms with Crippen molar-refractivity contribution in [1.29, 1.82) is 0 Å². The Morgan fingerprint density at radius 1 is 1.22 bits per heavy atom. The zero-order valence-electron chi connectivity index (χ0n) is 13.0. The Hall–Kier alpha value is -1.82. The van der Waals surface area contributed by atoms with Crippen molar-refractivity contribution in [2.24, 2.45) is 5.73 Å². The van der Waals surface area contributed by atoms with E-state index >= 15 is 0 Å². The quantitative estimate of drug-likeness (QED) is 0.856. The molecule has 1 aromatic carbocycles. The summed E-state index contributed by atoms with van der Waals surface area (Å²) in [5, 5.41) is 2.76. The highest BCUT2D eigenvalue weighted by Crippen LogP contribution is 2.30. The molecule has 2 aromatic rings. The van der Waals surface area contributed by atoms with Gasteiger partial charge in [0.25, 0.3) is 0 Å². The van der Waals surface area contributed by atoms with Crippen LogP contribution in [0.1, 0.15) is 17.5 Å². The highest BCUT2D eigenvalue weighted by molar-refractivity contribution is 5.92. The van der Waals surface area contributed by atoms with Crippen LogP contribution in [-0.2, 0) is 4.79 Å². The number of amides is 1. The number of halogens is 2. The smallest absolute Gasteiger partial charge is 0.243 e. The van der Waals surface area contributed by atoms with Crippen LogP contribution in [0.15, 0.2) is 36.5 Å². The molecule has 0 aliphatic carbocycles. The molecule has 2 rings (SSSR count). The van der Waals surface area contributed by atoms with Crippen molar-refractivity contribution in [3.8, 4) is 11.6 Å². The number of anilines is 1. The number of nitrogens with two attached hydrogens (primary N) is 1. The fourth-order valence-corrected chi connectivity index (χ4v) is 1.85. The number of aromatic nitrogens is 1. The number of rotatable bonds is 5. The van der Waals surface area contributed by atoms with Gasteiger partial charge in [-0.15, -0.1) is 24.8 Å². The number of nitrogens with zero attached hydrogens (tertiary/aromatic N) is 1. The molecule has 1 aromatic heterocycles. The second kappa shape index (κ2) is 10.0. The molecule has 23 heavy (non-hydrogen) atoms. The maximum Gasteiger partial charge on any atom is 0.243 e. The van der Waals surface area contributed by atoms with Crippen LogP contribution in [0.4, 0.5) is 5.69 Å². The van der Waals surface area contributed by atoms with E-state index < -0.39 is 0 Å². The number of aryl methyl sites for hydroxylation is 1. The summed E-state index contributed by atoms with van der Waals surface area (Å²) in [7, 11) is 0. The van der Waals surface area contributed by atoms with E-state index in [1.165, 1.54) is 0 Å². The van der Waals surface area contributed by atoms with Crippen LogP contribution in [0.5, 0.6) is 11.6 Å². The molecule has 0 unspecified atom stereocenters. The summed E-state index contributed by atoms with van der Waals surface area (Å²) in [6.45, 7) is 4.31. The molecule has 0 aliphatic rings. The van der Waals surface area contributed by atoms with E-state index in [1.807, 2.05) is 32.0 Å². The Balaban J connectivity index is 0.00000242. The molecule has 0 fully saturated rings. The summed E-state index contributed by atoms with van der Waals surface area (Å²) >= 11 is 0. The van der Waals surface area contributed by atoms with Gasteiger partial charge in [-0.2, -0.15) is 0 Å². The van der Waals surface area contributed by atoms with E-state index in [1.54, 1.807) is 18.3 Å². The number of benzene rings is 1. The summed E-state index contributed by atoms with van der Waals surface area (Å²) in [5.74, 6) is 0.941. The van der Waals surface area contributed by atoms with Gasteiger partial charge in [0.15, 0.2) is 0 Å². The van der Waals surface area contributed by atoms with E-state index in [9.17, 15) is 4.79 Å². The van der Waals surface area contributed by atoms with Gasteiger partial charge in [-0.3, -0.25) is 4.79 Å². The Bertz CT molecular complexity index is 651. The number of hydrogen-bond donors (Lipinski definition) is 2. The maximum absolute atomic E-state index is 11.7. The fourth-order valence-electron chi connectivity index (χ4n) is 1.85.